The molecule has 4 heteroatoms. The minimum Gasteiger partial charge on any atom is -0.544 e. The number of nitrogens with one attached hydrogen (secondary N) is 1. The van der Waals surface area contributed by atoms with Crippen LogP contribution in [0.25, 0.3) is 0 Å². The number of nitrogens with zero attached hydrogens (tertiary/aromatic N) is 1. The minimum absolute atomic E-state index is 0.0692. The van der Waals surface area contributed by atoms with E-state index >= 15 is 0 Å². The molecular formula is C9H20N2O2. The largest absolute Gasteiger partial charge is 0.544 e. The number of hydrogen-bond donors (Lipinski definition) is 1. The summed E-state index contributed by atoms with van der Waals surface area (Å²) in [6.07, 6.45) is 0. The number of carbonyl (C=O) groups is 1. The zero-order valence-corrected chi connectivity index (χ0v) is 8.96. The van der Waals surface area contributed by atoms with Crippen LogP contribution in [0, 0.1) is 0 Å². The Morgan fingerprint density at radius 2 is 2.00 bits per heavy atom. The number of rotatable bonds is 6. The molecule has 0 rings (SSSR count). The highest BCUT2D eigenvalue weighted by molar-refractivity contribution is 5.65. The van der Waals surface area contributed by atoms with Crippen LogP contribution in [-0.4, -0.2) is 50.2 Å². The lowest BCUT2D eigenvalue weighted by Crippen LogP contribution is -2.51. The quantitative estimate of drug-likeness (QED) is 0.533. The van der Waals surface area contributed by atoms with Gasteiger partial charge in [-0.1, -0.05) is 13.8 Å². The summed E-state index contributed by atoms with van der Waals surface area (Å²) in [5.41, 5.74) is 0. The predicted octanol–water partition coefficient (Wildman–Crippen LogP) is -1.19. The molecule has 1 N–H and O–H groups in total. The number of carboxylic acids is 1. The van der Waals surface area contributed by atoms with Gasteiger partial charge in [-0.15, -0.1) is 0 Å². The van der Waals surface area contributed by atoms with Gasteiger partial charge in [-0.3, -0.25) is 0 Å². The third-order valence-electron chi connectivity index (χ3n) is 1.83. The second-order valence-corrected chi connectivity index (χ2v) is 4.30. The van der Waals surface area contributed by atoms with Gasteiger partial charge in [0, 0.05) is 12.6 Å². The van der Waals surface area contributed by atoms with Crippen LogP contribution in [0.15, 0.2) is 0 Å². The van der Waals surface area contributed by atoms with Crippen molar-refractivity contribution in [2.45, 2.75) is 19.9 Å². The molecule has 4 nitrogen and oxygen atoms in total. The molecule has 0 saturated heterocycles. The summed E-state index contributed by atoms with van der Waals surface area (Å²) >= 11 is 0. The molecular weight excluding hydrogens is 168 g/mol. The molecule has 0 saturated carbocycles. The van der Waals surface area contributed by atoms with Gasteiger partial charge >= 0.3 is 0 Å². The van der Waals surface area contributed by atoms with E-state index in [9.17, 15) is 9.90 Å². The van der Waals surface area contributed by atoms with Crippen LogP contribution < -0.4 is 10.4 Å². The Morgan fingerprint density at radius 3 is 2.38 bits per heavy atom. The molecule has 0 atom stereocenters. The van der Waals surface area contributed by atoms with Crippen molar-refractivity contribution in [3.63, 3.8) is 0 Å². The first-order valence-corrected chi connectivity index (χ1v) is 4.59. The van der Waals surface area contributed by atoms with Gasteiger partial charge in [-0.2, -0.15) is 0 Å². The highest BCUT2D eigenvalue weighted by Gasteiger charge is 2.14. The lowest BCUT2D eigenvalue weighted by atomic mass is 10.3. The summed E-state index contributed by atoms with van der Waals surface area (Å²) in [6, 6.07) is 0.447. The van der Waals surface area contributed by atoms with E-state index in [2.05, 4.69) is 19.2 Å². The van der Waals surface area contributed by atoms with Gasteiger partial charge < -0.3 is 19.7 Å². The normalized spacial score (nSPS) is 12.1. The average molecular weight is 188 g/mol. The molecule has 0 aliphatic heterocycles. The maximum Gasteiger partial charge on any atom is 0.119 e. The maximum atomic E-state index is 10.4. The molecule has 13 heavy (non-hydrogen) atoms. The van der Waals surface area contributed by atoms with Gasteiger partial charge in [0.25, 0.3) is 0 Å². The third-order valence-corrected chi connectivity index (χ3v) is 1.83. The van der Waals surface area contributed by atoms with Crippen molar-refractivity contribution < 1.29 is 14.4 Å². The van der Waals surface area contributed by atoms with Crippen molar-refractivity contribution in [3.05, 3.63) is 0 Å². The second kappa shape index (κ2) is 5.19. The minimum atomic E-state index is -0.991. The number of carboxylic acid groups (broad SMARTS) is 1. The first kappa shape index (κ1) is 12.4. The van der Waals surface area contributed by atoms with Crippen molar-refractivity contribution in [2.24, 2.45) is 0 Å². The Bertz CT molecular complexity index is 167. The van der Waals surface area contributed by atoms with Crippen LogP contribution in [-0.2, 0) is 4.79 Å². The van der Waals surface area contributed by atoms with Crippen molar-refractivity contribution in [3.8, 4) is 0 Å². The average Bonchev–Trinajstić information content (AvgIpc) is 1.81. The topological polar surface area (TPSA) is 52.2 Å². The summed E-state index contributed by atoms with van der Waals surface area (Å²) in [6.45, 7) is 5.83. The molecule has 0 aromatic heterocycles. The molecule has 0 fully saturated rings. The van der Waals surface area contributed by atoms with Crippen molar-refractivity contribution in [2.75, 3.05) is 33.7 Å². The Hall–Kier alpha value is -0.610. The highest BCUT2D eigenvalue weighted by Crippen LogP contribution is 1.94. The van der Waals surface area contributed by atoms with Crippen LogP contribution in [0.2, 0.25) is 0 Å². The third kappa shape index (κ3) is 7.74. The number of quaternary nitrogens is 1. The second-order valence-electron chi connectivity index (χ2n) is 4.30. The fraction of sp³-hybridized carbons (Fsp3) is 0.889. The SMILES string of the molecule is CC(C)NCC[N+](C)(C)CC(=O)[O-]. The van der Waals surface area contributed by atoms with E-state index in [4.69, 9.17) is 0 Å². The summed E-state index contributed by atoms with van der Waals surface area (Å²) in [4.78, 5) is 10.4. The van der Waals surface area contributed by atoms with Gasteiger partial charge in [-0.25, -0.2) is 0 Å². The maximum absolute atomic E-state index is 10.4. The summed E-state index contributed by atoms with van der Waals surface area (Å²) in [7, 11) is 3.77. The Kier molecular flexibility index (Phi) is 4.95. The van der Waals surface area contributed by atoms with Crippen LogP contribution in [0.1, 0.15) is 13.8 Å². The van der Waals surface area contributed by atoms with E-state index in [1.165, 1.54) is 0 Å². The molecule has 0 amide bonds. The molecule has 0 spiro atoms. The van der Waals surface area contributed by atoms with Crippen LogP contribution in [0.5, 0.6) is 0 Å². The number of hydrogen-bond acceptors (Lipinski definition) is 3. The summed E-state index contributed by atoms with van der Waals surface area (Å²) in [5, 5.41) is 13.6. The van der Waals surface area contributed by atoms with Crippen molar-refractivity contribution in [1.82, 2.24) is 5.32 Å². The lowest BCUT2D eigenvalue weighted by Gasteiger charge is -2.30. The number of carbonyl (C=O) groups excluding carboxylic acids is 1. The van der Waals surface area contributed by atoms with E-state index in [-0.39, 0.29) is 6.54 Å². The van der Waals surface area contributed by atoms with E-state index < -0.39 is 5.97 Å². The monoisotopic (exact) mass is 188 g/mol. The van der Waals surface area contributed by atoms with Gasteiger partial charge in [0.2, 0.25) is 0 Å². The van der Waals surface area contributed by atoms with Crippen LogP contribution in [0.3, 0.4) is 0 Å². The van der Waals surface area contributed by atoms with E-state index in [1.54, 1.807) is 0 Å². The number of aliphatic carboxylic acids is 1. The van der Waals surface area contributed by atoms with E-state index in [0.717, 1.165) is 13.1 Å². The first-order valence-electron chi connectivity index (χ1n) is 4.59. The zero-order chi connectivity index (χ0) is 10.5. The molecule has 0 heterocycles. The standard InChI is InChI=1S/C9H20N2O2/c1-8(2)10-5-6-11(3,4)7-9(12)13/h8,10H,5-7H2,1-4H3. The molecule has 78 valence electrons. The van der Waals surface area contributed by atoms with Crippen molar-refractivity contribution in [1.29, 1.82) is 0 Å². The molecule has 0 bridgehead atoms. The fourth-order valence-electron chi connectivity index (χ4n) is 1.08. The van der Waals surface area contributed by atoms with Gasteiger partial charge in [0.05, 0.1) is 26.6 Å². The Morgan fingerprint density at radius 1 is 1.46 bits per heavy atom. The summed E-state index contributed by atoms with van der Waals surface area (Å²) in [5.74, 6) is -0.991. The molecule has 0 aromatic rings. The first-order chi connectivity index (χ1) is 5.83. The van der Waals surface area contributed by atoms with Crippen LogP contribution >= 0.6 is 0 Å². The van der Waals surface area contributed by atoms with E-state index in [0.29, 0.717) is 10.5 Å². The summed E-state index contributed by atoms with van der Waals surface area (Å²) < 4.78 is 0.460. The Balaban J connectivity index is 3.69. The fourth-order valence-corrected chi connectivity index (χ4v) is 1.08. The van der Waals surface area contributed by atoms with E-state index in [1.807, 2.05) is 14.1 Å². The molecule has 0 radical (unpaired) electrons. The van der Waals surface area contributed by atoms with Crippen LogP contribution in [0.4, 0.5) is 0 Å². The molecule has 0 unspecified atom stereocenters. The zero-order valence-electron chi connectivity index (χ0n) is 8.96. The van der Waals surface area contributed by atoms with Crippen molar-refractivity contribution >= 4 is 5.97 Å². The van der Waals surface area contributed by atoms with Gasteiger partial charge in [0.1, 0.15) is 6.54 Å². The molecule has 0 aromatic carbocycles. The highest BCUT2D eigenvalue weighted by atomic mass is 16.4. The molecule has 0 aliphatic rings. The van der Waals surface area contributed by atoms with Gasteiger partial charge in [0.15, 0.2) is 0 Å². The lowest BCUT2D eigenvalue weighted by molar-refractivity contribution is -0.883. The Labute approximate surface area is 80.1 Å². The number of likely N-dealkylation sites (N-methyl/N-ethyl adjacent to an activating group) is 1. The predicted molar refractivity (Wildman–Crippen MR) is 50.0 cm³/mol. The molecule has 0 aliphatic carbocycles. The smallest absolute Gasteiger partial charge is 0.119 e. The van der Waals surface area contributed by atoms with Gasteiger partial charge in [-0.05, 0) is 0 Å².